The summed E-state index contributed by atoms with van der Waals surface area (Å²) in [4.78, 5) is 2.26. The van der Waals surface area contributed by atoms with Gasteiger partial charge in [0.2, 0.25) is 0 Å². The summed E-state index contributed by atoms with van der Waals surface area (Å²) in [7, 11) is 0. The van der Waals surface area contributed by atoms with Crippen LogP contribution in [0.3, 0.4) is 0 Å². The van der Waals surface area contributed by atoms with Crippen LogP contribution in [-0.2, 0) is 12.7 Å². The number of hydrogen-bond acceptors (Lipinski definition) is 3. The maximum absolute atomic E-state index is 12.6. The molecule has 7 heteroatoms. The van der Waals surface area contributed by atoms with Gasteiger partial charge in [0.25, 0.3) is 0 Å². The van der Waals surface area contributed by atoms with E-state index in [0.29, 0.717) is 12.1 Å². The normalized spacial score (nSPS) is 19.9. The molecule has 2 heterocycles. The van der Waals surface area contributed by atoms with Gasteiger partial charge >= 0.3 is 6.18 Å². The number of nitrogens with two attached hydrogens (primary N) is 1. The second-order valence-electron chi connectivity index (χ2n) is 5.98. The highest BCUT2D eigenvalue weighted by Gasteiger charge is 2.30. The Balaban J connectivity index is 1.78. The van der Waals surface area contributed by atoms with Gasteiger partial charge in [0.1, 0.15) is 0 Å². The summed E-state index contributed by atoms with van der Waals surface area (Å²) in [5.41, 5.74) is 7.77. The highest BCUT2D eigenvalue weighted by Crippen LogP contribution is 2.31. The number of likely N-dealkylation sites (tertiary alicyclic amines) is 1. The number of nitrogens with one attached hydrogen (secondary N) is 1. The molecule has 0 radical (unpaired) electrons. The number of benzene rings is 1. The minimum absolute atomic E-state index is 0.185. The molecule has 3 rings (SSSR count). The molecule has 0 saturated carbocycles. The molecular weight excluding hydrogens is 305 g/mol. The lowest BCUT2D eigenvalue weighted by Crippen LogP contribution is -2.42. The van der Waals surface area contributed by atoms with Gasteiger partial charge in [-0.3, -0.25) is 10.00 Å². The van der Waals surface area contributed by atoms with Crippen LogP contribution in [0, 0.1) is 0 Å². The van der Waals surface area contributed by atoms with E-state index < -0.39 is 11.7 Å². The largest absolute Gasteiger partial charge is 0.416 e. The molecule has 1 aliphatic heterocycles. The van der Waals surface area contributed by atoms with E-state index in [9.17, 15) is 13.2 Å². The molecule has 1 atom stereocenters. The molecule has 3 N–H and O–H groups in total. The van der Waals surface area contributed by atoms with Crippen LogP contribution in [0.1, 0.15) is 24.0 Å². The molecule has 0 bridgehead atoms. The summed E-state index contributed by atoms with van der Waals surface area (Å²) in [5.74, 6) is 0. The molecule has 1 aliphatic rings. The third-order valence-corrected chi connectivity index (χ3v) is 4.15. The van der Waals surface area contributed by atoms with Gasteiger partial charge < -0.3 is 5.73 Å². The second-order valence-corrected chi connectivity index (χ2v) is 5.98. The van der Waals surface area contributed by atoms with Gasteiger partial charge in [0, 0.05) is 24.7 Å². The van der Waals surface area contributed by atoms with E-state index in [2.05, 4.69) is 15.1 Å². The molecule has 4 nitrogen and oxygen atoms in total. The van der Waals surface area contributed by atoms with Crippen molar-refractivity contribution in [1.29, 1.82) is 0 Å². The molecule has 0 spiro atoms. The van der Waals surface area contributed by atoms with Crippen LogP contribution < -0.4 is 5.73 Å². The fourth-order valence-electron chi connectivity index (χ4n) is 2.98. The zero-order valence-electron chi connectivity index (χ0n) is 12.6. The Morgan fingerprint density at radius 1 is 1.26 bits per heavy atom. The summed E-state index contributed by atoms with van der Waals surface area (Å²) >= 11 is 0. The molecule has 1 aromatic heterocycles. The molecule has 1 aromatic carbocycles. The summed E-state index contributed by atoms with van der Waals surface area (Å²) in [6.07, 6.45) is -0.491. The SMILES string of the molecule is N[C@@H]1CCCN(Cc2cn[nH]c2-c2ccc(C(F)(F)F)cc2)C1. The Labute approximate surface area is 132 Å². The van der Waals surface area contributed by atoms with Crippen molar-refractivity contribution in [2.24, 2.45) is 5.73 Å². The average Bonchev–Trinajstić information content (AvgIpc) is 2.94. The van der Waals surface area contributed by atoms with Crippen LogP contribution in [-0.4, -0.2) is 34.2 Å². The number of halogens is 3. The smallest absolute Gasteiger partial charge is 0.327 e. The highest BCUT2D eigenvalue weighted by molar-refractivity contribution is 5.63. The van der Waals surface area contributed by atoms with Crippen molar-refractivity contribution < 1.29 is 13.2 Å². The average molecular weight is 324 g/mol. The predicted molar refractivity (Wildman–Crippen MR) is 81.5 cm³/mol. The Morgan fingerprint density at radius 3 is 2.65 bits per heavy atom. The quantitative estimate of drug-likeness (QED) is 0.912. The van der Waals surface area contributed by atoms with Gasteiger partial charge in [-0.05, 0) is 37.1 Å². The maximum Gasteiger partial charge on any atom is 0.416 e. The van der Waals surface area contributed by atoms with Crippen molar-refractivity contribution in [3.8, 4) is 11.3 Å². The molecule has 1 fully saturated rings. The molecule has 23 heavy (non-hydrogen) atoms. The van der Waals surface area contributed by atoms with Crippen molar-refractivity contribution in [1.82, 2.24) is 15.1 Å². The van der Waals surface area contributed by atoms with Crippen molar-refractivity contribution in [2.75, 3.05) is 13.1 Å². The first-order valence-corrected chi connectivity index (χ1v) is 7.61. The van der Waals surface area contributed by atoms with Gasteiger partial charge in [-0.2, -0.15) is 18.3 Å². The molecule has 0 aliphatic carbocycles. The number of aromatic nitrogens is 2. The number of H-pyrrole nitrogens is 1. The third-order valence-electron chi connectivity index (χ3n) is 4.15. The Hall–Kier alpha value is -1.86. The fourth-order valence-corrected chi connectivity index (χ4v) is 2.98. The molecular formula is C16H19F3N4. The molecule has 1 saturated heterocycles. The lowest BCUT2D eigenvalue weighted by molar-refractivity contribution is -0.137. The molecule has 124 valence electrons. The Morgan fingerprint density at radius 2 is 2.00 bits per heavy atom. The predicted octanol–water partition coefficient (Wildman–Crippen LogP) is 3.02. The van der Waals surface area contributed by atoms with Crippen LogP contribution in [0.4, 0.5) is 13.2 Å². The number of hydrogen-bond donors (Lipinski definition) is 2. The zero-order chi connectivity index (χ0) is 16.4. The first-order chi connectivity index (χ1) is 10.9. The van der Waals surface area contributed by atoms with Gasteiger partial charge in [0.05, 0.1) is 17.5 Å². The first kappa shape index (κ1) is 16.0. The molecule has 2 aromatic rings. The minimum atomic E-state index is -4.32. The van der Waals surface area contributed by atoms with Crippen LogP contribution in [0.25, 0.3) is 11.3 Å². The number of rotatable bonds is 3. The van der Waals surface area contributed by atoms with Gasteiger partial charge in [-0.1, -0.05) is 12.1 Å². The van der Waals surface area contributed by atoms with Crippen molar-refractivity contribution in [3.63, 3.8) is 0 Å². The van der Waals surface area contributed by atoms with Crippen LogP contribution >= 0.6 is 0 Å². The van der Waals surface area contributed by atoms with Crippen LogP contribution in [0.5, 0.6) is 0 Å². The number of piperidine rings is 1. The third kappa shape index (κ3) is 3.73. The van der Waals surface area contributed by atoms with Crippen molar-refractivity contribution in [3.05, 3.63) is 41.6 Å². The Kier molecular flexibility index (Phi) is 4.41. The number of alkyl halides is 3. The minimum Gasteiger partial charge on any atom is -0.327 e. The standard InChI is InChI=1S/C16H19F3N4/c17-16(18,19)13-5-3-11(4-6-13)15-12(8-21-22-15)9-23-7-1-2-14(20)10-23/h3-6,8,14H,1-2,7,9-10,20H2,(H,21,22)/t14-/m1/s1. The van der Waals surface area contributed by atoms with Crippen molar-refractivity contribution in [2.45, 2.75) is 31.6 Å². The van der Waals surface area contributed by atoms with Gasteiger partial charge in [-0.25, -0.2) is 0 Å². The fraction of sp³-hybridized carbons (Fsp3) is 0.438. The summed E-state index contributed by atoms with van der Waals surface area (Å²) in [6, 6.07) is 5.32. The molecule has 0 amide bonds. The van der Waals surface area contributed by atoms with E-state index in [4.69, 9.17) is 5.73 Å². The summed E-state index contributed by atoms with van der Waals surface area (Å²) in [6.45, 7) is 2.50. The van der Waals surface area contributed by atoms with Crippen LogP contribution in [0.2, 0.25) is 0 Å². The molecule has 0 unspecified atom stereocenters. The zero-order valence-corrected chi connectivity index (χ0v) is 12.6. The van der Waals surface area contributed by atoms with E-state index in [0.717, 1.165) is 49.3 Å². The topological polar surface area (TPSA) is 57.9 Å². The Bertz CT molecular complexity index is 648. The second kappa shape index (κ2) is 6.33. The maximum atomic E-state index is 12.6. The van der Waals surface area contributed by atoms with Gasteiger partial charge in [0.15, 0.2) is 0 Å². The van der Waals surface area contributed by atoms with Gasteiger partial charge in [-0.15, -0.1) is 0 Å². The van der Waals surface area contributed by atoms with Crippen molar-refractivity contribution >= 4 is 0 Å². The number of aromatic amines is 1. The lowest BCUT2D eigenvalue weighted by Gasteiger charge is -2.30. The van der Waals surface area contributed by atoms with E-state index in [1.54, 1.807) is 6.20 Å². The summed E-state index contributed by atoms with van der Waals surface area (Å²) < 4.78 is 37.9. The monoisotopic (exact) mass is 324 g/mol. The van der Waals surface area contributed by atoms with E-state index >= 15 is 0 Å². The van der Waals surface area contributed by atoms with E-state index in [-0.39, 0.29) is 6.04 Å². The summed E-state index contributed by atoms with van der Waals surface area (Å²) in [5, 5.41) is 6.94. The highest BCUT2D eigenvalue weighted by atomic mass is 19.4. The first-order valence-electron chi connectivity index (χ1n) is 7.61. The van der Waals surface area contributed by atoms with E-state index in [1.807, 2.05) is 0 Å². The van der Waals surface area contributed by atoms with E-state index in [1.165, 1.54) is 12.1 Å². The van der Waals surface area contributed by atoms with Crippen LogP contribution in [0.15, 0.2) is 30.5 Å². The lowest BCUT2D eigenvalue weighted by atomic mass is 10.0. The number of nitrogens with zero attached hydrogens (tertiary/aromatic N) is 2.